The van der Waals surface area contributed by atoms with Crippen molar-refractivity contribution in [1.29, 1.82) is 0 Å². The van der Waals surface area contributed by atoms with Crippen molar-refractivity contribution < 1.29 is 14.7 Å². The first kappa shape index (κ1) is 14.5. The monoisotopic (exact) mass is 276 g/mol. The maximum absolute atomic E-state index is 11.7. The fourth-order valence-corrected chi connectivity index (χ4v) is 2.42. The van der Waals surface area contributed by atoms with E-state index in [2.05, 4.69) is 10.3 Å². The largest absolute Gasteiger partial charge is 0.480 e. The molecule has 2 N–H and O–H groups in total. The first-order valence-corrected chi connectivity index (χ1v) is 7.05. The molecule has 0 spiro atoms. The number of nitrogens with one attached hydrogen (secondary N) is 1. The highest BCUT2D eigenvalue weighted by atomic mass is 16.4. The molecule has 5 nitrogen and oxygen atoms in total. The molecular weight excluding hydrogens is 256 g/mol. The Morgan fingerprint density at radius 3 is 2.85 bits per heavy atom. The number of fused-ring (bicyclic) bond motifs is 1. The summed E-state index contributed by atoms with van der Waals surface area (Å²) in [5.74, 6) is -0.213. The zero-order chi connectivity index (χ0) is 14.7. The molecule has 0 radical (unpaired) electrons. The number of nitrogens with zero attached hydrogens (tertiary/aromatic N) is 1. The number of hydrogen-bond acceptors (Lipinski definition) is 4. The number of Topliss-reactive ketones (excluding diaryl/α,β-unsaturated/α-hetero) is 1. The minimum absolute atomic E-state index is 0.00645. The molecule has 0 amide bonds. The van der Waals surface area contributed by atoms with Crippen LogP contribution in [0.3, 0.4) is 0 Å². The van der Waals surface area contributed by atoms with Gasteiger partial charge in [0.1, 0.15) is 11.9 Å². The van der Waals surface area contributed by atoms with E-state index < -0.39 is 12.0 Å². The summed E-state index contributed by atoms with van der Waals surface area (Å²) < 4.78 is 0. The van der Waals surface area contributed by atoms with Gasteiger partial charge in [0, 0.05) is 12.0 Å². The van der Waals surface area contributed by atoms with Gasteiger partial charge in [-0.2, -0.15) is 0 Å². The van der Waals surface area contributed by atoms with Crippen LogP contribution in [-0.2, 0) is 11.2 Å². The van der Waals surface area contributed by atoms with Gasteiger partial charge in [0.25, 0.3) is 0 Å². The first-order valence-electron chi connectivity index (χ1n) is 7.05. The van der Waals surface area contributed by atoms with Gasteiger partial charge in [-0.3, -0.25) is 4.79 Å². The van der Waals surface area contributed by atoms with Gasteiger partial charge in [0.15, 0.2) is 5.78 Å². The molecule has 0 bridgehead atoms. The van der Waals surface area contributed by atoms with Crippen LogP contribution in [0.25, 0.3) is 0 Å². The van der Waals surface area contributed by atoms with E-state index in [1.807, 2.05) is 13.8 Å². The molecule has 0 fully saturated rings. The molecule has 20 heavy (non-hydrogen) atoms. The van der Waals surface area contributed by atoms with E-state index in [1.54, 1.807) is 12.1 Å². The fourth-order valence-electron chi connectivity index (χ4n) is 2.42. The Bertz CT molecular complexity index is 528. The number of carboxylic acids is 1. The third-order valence-electron chi connectivity index (χ3n) is 3.87. The van der Waals surface area contributed by atoms with Gasteiger partial charge < -0.3 is 10.4 Å². The lowest BCUT2D eigenvalue weighted by Crippen LogP contribution is -2.35. The maximum Gasteiger partial charge on any atom is 0.326 e. The molecule has 2 atom stereocenters. The fraction of sp³-hybridized carbons (Fsp3) is 0.533. The number of hydrogen-bond donors (Lipinski definition) is 2. The van der Waals surface area contributed by atoms with E-state index >= 15 is 0 Å². The van der Waals surface area contributed by atoms with Gasteiger partial charge in [-0.15, -0.1) is 0 Å². The van der Waals surface area contributed by atoms with Crippen molar-refractivity contribution in [3.63, 3.8) is 0 Å². The van der Waals surface area contributed by atoms with Crippen molar-refractivity contribution in [2.75, 3.05) is 5.32 Å². The van der Waals surface area contributed by atoms with E-state index in [0.29, 0.717) is 17.8 Å². The molecule has 1 aliphatic rings. The minimum atomic E-state index is -0.880. The van der Waals surface area contributed by atoms with Crippen LogP contribution < -0.4 is 5.32 Å². The smallest absolute Gasteiger partial charge is 0.326 e. The number of rotatable bonds is 5. The summed E-state index contributed by atoms with van der Waals surface area (Å²) in [4.78, 5) is 27.4. The van der Waals surface area contributed by atoms with Gasteiger partial charge in [0.05, 0.1) is 5.69 Å². The van der Waals surface area contributed by atoms with E-state index in [-0.39, 0.29) is 11.7 Å². The highest BCUT2D eigenvalue weighted by Crippen LogP contribution is 2.22. The van der Waals surface area contributed by atoms with Gasteiger partial charge in [-0.05, 0) is 30.9 Å². The Morgan fingerprint density at radius 2 is 2.20 bits per heavy atom. The second-order valence-corrected chi connectivity index (χ2v) is 5.31. The summed E-state index contributed by atoms with van der Waals surface area (Å²) >= 11 is 0. The summed E-state index contributed by atoms with van der Waals surface area (Å²) in [6.07, 6.45) is 2.94. The average molecular weight is 276 g/mol. The summed E-state index contributed by atoms with van der Waals surface area (Å²) in [5, 5.41) is 12.2. The predicted octanol–water partition coefficient (Wildman–Crippen LogP) is 2.51. The van der Waals surface area contributed by atoms with E-state index in [4.69, 9.17) is 0 Å². The molecule has 1 aliphatic carbocycles. The van der Waals surface area contributed by atoms with Gasteiger partial charge >= 0.3 is 5.97 Å². The lowest BCUT2D eigenvalue weighted by Gasteiger charge is -2.22. The molecule has 1 heterocycles. The molecule has 0 aromatic carbocycles. The van der Waals surface area contributed by atoms with Crippen molar-refractivity contribution in [2.45, 2.75) is 45.6 Å². The molecular formula is C15H20N2O3. The van der Waals surface area contributed by atoms with Gasteiger partial charge in [-0.1, -0.05) is 20.3 Å². The number of ketones is 1. The standard InChI is InChI=1S/C15H20N2O3/c1-3-9(2)14(15(19)20)17-13-8-7-10-11(16-13)5-4-6-12(10)18/h7-9,14H,3-6H2,1-2H3,(H,16,17)(H,19,20)/t9-,14-/m0/s1. The Kier molecular flexibility index (Phi) is 4.37. The second-order valence-electron chi connectivity index (χ2n) is 5.31. The van der Waals surface area contributed by atoms with Gasteiger partial charge in [0.2, 0.25) is 0 Å². The zero-order valence-electron chi connectivity index (χ0n) is 11.8. The van der Waals surface area contributed by atoms with Crippen molar-refractivity contribution in [3.8, 4) is 0 Å². The number of aryl methyl sites for hydroxylation is 1. The second kappa shape index (κ2) is 6.03. The number of carbonyl (C=O) groups is 2. The molecule has 5 heteroatoms. The Balaban J connectivity index is 2.21. The number of aromatic nitrogens is 1. The van der Waals surface area contributed by atoms with Crippen LogP contribution >= 0.6 is 0 Å². The number of carbonyl (C=O) groups excluding carboxylic acids is 1. The number of pyridine rings is 1. The lowest BCUT2D eigenvalue weighted by atomic mass is 9.95. The van der Waals surface area contributed by atoms with Gasteiger partial charge in [-0.25, -0.2) is 9.78 Å². The molecule has 108 valence electrons. The van der Waals surface area contributed by atoms with Crippen LogP contribution in [0.2, 0.25) is 0 Å². The third-order valence-corrected chi connectivity index (χ3v) is 3.87. The molecule has 0 saturated carbocycles. The van der Waals surface area contributed by atoms with Crippen molar-refractivity contribution in [3.05, 3.63) is 23.4 Å². The van der Waals surface area contributed by atoms with Crippen molar-refractivity contribution in [2.24, 2.45) is 5.92 Å². The highest BCUT2D eigenvalue weighted by Gasteiger charge is 2.25. The van der Waals surface area contributed by atoms with Crippen LogP contribution in [0.4, 0.5) is 5.82 Å². The van der Waals surface area contributed by atoms with Crippen LogP contribution in [0.5, 0.6) is 0 Å². The topological polar surface area (TPSA) is 79.3 Å². The predicted molar refractivity (Wildman–Crippen MR) is 76.0 cm³/mol. The first-order chi connectivity index (χ1) is 9.52. The summed E-state index contributed by atoms with van der Waals surface area (Å²) in [6, 6.07) is 2.78. The molecule has 2 rings (SSSR count). The van der Waals surface area contributed by atoms with Crippen molar-refractivity contribution >= 4 is 17.6 Å². The van der Waals surface area contributed by atoms with E-state index in [9.17, 15) is 14.7 Å². The Morgan fingerprint density at radius 1 is 1.45 bits per heavy atom. The molecule has 0 aliphatic heterocycles. The normalized spacial score (nSPS) is 17.2. The van der Waals surface area contributed by atoms with E-state index in [1.165, 1.54) is 0 Å². The third kappa shape index (κ3) is 2.98. The highest BCUT2D eigenvalue weighted by molar-refractivity contribution is 5.98. The Labute approximate surface area is 118 Å². The summed E-state index contributed by atoms with van der Waals surface area (Å²) in [7, 11) is 0. The number of anilines is 1. The van der Waals surface area contributed by atoms with Crippen LogP contribution in [0.1, 0.15) is 49.2 Å². The summed E-state index contributed by atoms with van der Waals surface area (Å²) in [6.45, 7) is 3.86. The minimum Gasteiger partial charge on any atom is -0.480 e. The van der Waals surface area contributed by atoms with Crippen molar-refractivity contribution in [1.82, 2.24) is 4.98 Å². The average Bonchev–Trinajstić information content (AvgIpc) is 2.43. The Hall–Kier alpha value is -1.91. The molecule has 0 unspecified atom stereocenters. The van der Waals surface area contributed by atoms with Crippen LogP contribution in [0, 0.1) is 5.92 Å². The molecule has 0 saturated heterocycles. The lowest BCUT2D eigenvalue weighted by molar-refractivity contribution is -0.139. The van der Waals surface area contributed by atoms with Crippen LogP contribution in [0.15, 0.2) is 12.1 Å². The summed E-state index contributed by atoms with van der Waals surface area (Å²) in [5.41, 5.74) is 1.46. The number of carboxylic acid groups (broad SMARTS) is 1. The van der Waals surface area contributed by atoms with Crippen LogP contribution in [-0.4, -0.2) is 27.9 Å². The number of aliphatic carboxylic acids is 1. The molecule has 1 aromatic rings. The quantitative estimate of drug-likeness (QED) is 0.863. The zero-order valence-corrected chi connectivity index (χ0v) is 11.8. The maximum atomic E-state index is 11.7. The van der Waals surface area contributed by atoms with E-state index in [0.717, 1.165) is 25.0 Å². The SMILES string of the molecule is CC[C@H](C)[C@H](Nc1ccc2c(n1)CCCC2=O)C(=O)O. The molecule has 1 aromatic heterocycles.